The van der Waals surface area contributed by atoms with Crippen LogP contribution in [-0.4, -0.2) is 6.10 Å². The largest absolute Gasteiger partial charge is 0.490 e. The van der Waals surface area contributed by atoms with Crippen molar-refractivity contribution in [1.29, 1.82) is 0 Å². The summed E-state index contributed by atoms with van der Waals surface area (Å²) in [4.78, 5) is 0. The fourth-order valence-electron chi connectivity index (χ4n) is 2.37. The van der Waals surface area contributed by atoms with Gasteiger partial charge in [-0.15, -0.1) is 0 Å². The SMILES string of the molecule is Cc1cc(OC2CCCC(C)C2)ccc1F. The maximum atomic E-state index is 13.1. The second-order valence-electron chi connectivity index (χ2n) is 4.92. The number of aryl methyl sites for hydroxylation is 1. The Morgan fingerprint density at radius 3 is 2.81 bits per heavy atom. The number of halogens is 1. The molecule has 2 atom stereocenters. The van der Waals surface area contributed by atoms with E-state index in [4.69, 9.17) is 4.74 Å². The van der Waals surface area contributed by atoms with Gasteiger partial charge in [-0.05, 0) is 55.9 Å². The van der Waals surface area contributed by atoms with Gasteiger partial charge in [-0.25, -0.2) is 4.39 Å². The van der Waals surface area contributed by atoms with Gasteiger partial charge in [-0.2, -0.15) is 0 Å². The lowest BCUT2D eigenvalue weighted by molar-refractivity contribution is 0.129. The highest BCUT2D eigenvalue weighted by Gasteiger charge is 2.20. The zero-order valence-electron chi connectivity index (χ0n) is 10.0. The first-order valence-corrected chi connectivity index (χ1v) is 6.08. The van der Waals surface area contributed by atoms with Crippen LogP contribution < -0.4 is 4.74 Å². The molecule has 0 saturated heterocycles. The minimum Gasteiger partial charge on any atom is -0.490 e. The van der Waals surface area contributed by atoms with Gasteiger partial charge < -0.3 is 4.74 Å². The molecule has 88 valence electrons. The van der Waals surface area contributed by atoms with Crippen LogP contribution in [0.4, 0.5) is 4.39 Å². The second kappa shape index (κ2) is 4.86. The van der Waals surface area contributed by atoms with Crippen LogP contribution in [0.25, 0.3) is 0 Å². The Morgan fingerprint density at radius 2 is 2.12 bits per heavy atom. The van der Waals surface area contributed by atoms with E-state index in [1.165, 1.54) is 18.9 Å². The Bertz CT molecular complexity index is 362. The van der Waals surface area contributed by atoms with E-state index in [2.05, 4.69) is 6.92 Å². The molecule has 2 heteroatoms. The third-order valence-corrected chi connectivity index (χ3v) is 3.32. The molecule has 2 unspecified atom stereocenters. The van der Waals surface area contributed by atoms with Crippen molar-refractivity contribution in [3.8, 4) is 5.75 Å². The van der Waals surface area contributed by atoms with E-state index in [1.54, 1.807) is 19.1 Å². The fraction of sp³-hybridized carbons (Fsp3) is 0.571. The Balaban J connectivity index is 2.00. The quantitative estimate of drug-likeness (QED) is 0.732. The summed E-state index contributed by atoms with van der Waals surface area (Å²) in [6, 6.07) is 4.99. The highest BCUT2D eigenvalue weighted by atomic mass is 19.1. The number of hydrogen-bond acceptors (Lipinski definition) is 1. The van der Waals surface area contributed by atoms with Crippen LogP contribution in [-0.2, 0) is 0 Å². The average molecular weight is 222 g/mol. The lowest BCUT2D eigenvalue weighted by Gasteiger charge is -2.27. The third-order valence-electron chi connectivity index (χ3n) is 3.32. The van der Waals surface area contributed by atoms with Crippen LogP contribution in [0.1, 0.15) is 38.2 Å². The van der Waals surface area contributed by atoms with Gasteiger partial charge in [0.1, 0.15) is 11.6 Å². The van der Waals surface area contributed by atoms with Gasteiger partial charge in [0, 0.05) is 0 Å². The molecule has 0 amide bonds. The van der Waals surface area contributed by atoms with Crippen molar-refractivity contribution < 1.29 is 9.13 Å². The van der Waals surface area contributed by atoms with Gasteiger partial charge in [0.05, 0.1) is 6.10 Å². The van der Waals surface area contributed by atoms with Gasteiger partial charge in [0.2, 0.25) is 0 Å². The summed E-state index contributed by atoms with van der Waals surface area (Å²) < 4.78 is 19.0. The van der Waals surface area contributed by atoms with E-state index in [0.717, 1.165) is 24.5 Å². The third kappa shape index (κ3) is 2.75. The van der Waals surface area contributed by atoms with E-state index in [9.17, 15) is 4.39 Å². The first-order valence-electron chi connectivity index (χ1n) is 6.08. The van der Waals surface area contributed by atoms with Crippen molar-refractivity contribution in [2.24, 2.45) is 5.92 Å². The first-order chi connectivity index (χ1) is 7.65. The molecule has 1 aromatic rings. The normalized spacial score (nSPS) is 25.4. The van der Waals surface area contributed by atoms with Gasteiger partial charge in [-0.1, -0.05) is 13.3 Å². The van der Waals surface area contributed by atoms with Crippen molar-refractivity contribution in [1.82, 2.24) is 0 Å². The molecule has 0 N–H and O–H groups in total. The molecule has 1 aromatic carbocycles. The van der Waals surface area contributed by atoms with Crippen LogP contribution in [0.2, 0.25) is 0 Å². The molecule has 0 aliphatic heterocycles. The van der Waals surface area contributed by atoms with Gasteiger partial charge >= 0.3 is 0 Å². The average Bonchev–Trinajstić information content (AvgIpc) is 2.24. The molecule has 0 spiro atoms. The molecular weight excluding hydrogens is 203 g/mol. The summed E-state index contributed by atoms with van der Waals surface area (Å²) in [5.74, 6) is 1.39. The molecule has 0 aromatic heterocycles. The lowest BCUT2D eigenvalue weighted by Crippen LogP contribution is -2.24. The number of ether oxygens (including phenoxy) is 1. The fourth-order valence-corrected chi connectivity index (χ4v) is 2.37. The predicted octanol–water partition coefficient (Wildman–Crippen LogP) is 4.09. The molecule has 2 rings (SSSR count). The molecule has 0 heterocycles. The zero-order valence-corrected chi connectivity index (χ0v) is 10.0. The number of benzene rings is 1. The molecular formula is C14H19FO. The van der Waals surface area contributed by atoms with Crippen LogP contribution in [0.3, 0.4) is 0 Å². The van der Waals surface area contributed by atoms with Crippen LogP contribution in [0.15, 0.2) is 18.2 Å². The van der Waals surface area contributed by atoms with Crippen LogP contribution in [0, 0.1) is 18.7 Å². The van der Waals surface area contributed by atoms with Gasteiger partial charge in [0.25, 0.3) is 0 Å². The minimum absolute atomic E-state index is 0.163. The highest BCUT2D eigenvalue weighted by Crippen LogP contribution is 2.27. The van der Waals surface area contributed by atoms with E-state index < -0.39 is 0 Å². The molecule has 1 aliphatic rings. The van der Waals surface area contributed by atoms with Gasteiger partial charge in [-0.3, -0.25) is 0 Å². The van der Waals surface area contributed by atoms with Crippen molar-refractivity contribution >= 4 is 0 Å². The summed E-state index contributed by atoms with van der Waals surface area (Å²) in [7, 11) is 0. The Morgan fingerprint density at radius 1 is 1.31 bits per heavy atom. The maximum absolute atomic E-state index is 13.1. The van der Waals surface area contributed by atoms with Crippen LogP contribution in [0.5, 0.6) is 5.75 Å². The molecule has 1 aliphatic carbocycles. The summed E-state index contributed by atoms with van der Waals surface area (Å²) in [6.45, 7) is 4.04. The molecule has 1 saturated carbocycles. The minimum atomic E-state index is -0.163. The van der Waals surface area contributed by atoms with E-state index >= 15 is 0 Å². The number of rotatable bonds is 2. The van der Waals surface area contributed by atoms with Gasteiger partial charge in [0.15, 0.2) is 0 Å². The Hall–Kier alpha value is -1.05. The van der Waals surface area contributed by atoms with Crippen molar-refractivity contribution in [2.45, 2.75) is 45.6 Å². The predicted molar refractivity (Wildman–Crippen MR) is 63.2 cm³/mol. The van der Waals surface area contributed by atoms with E-state index in [1.807, 2.05) is 0 Å². The molecule has 0 bridgehead atoms. The summed E-state index contributed by atoms with van der Waals surface area (Å²) in [6.07, 6.45) is 5.11. The Kier molecular flexibility index (Phi) is 3.47. The second-order valence-corrected chi connectivity index (χ2v) is 4.92. The molecule has 16 heavy (non-hydrogen) atoms. The summed E-state index contributed by atoms with van der Waals surface area (Å²) in [5.41, 5.74) is 0.654. The summed E-state index contributed by atoms with van der Waals surface area (Å²) in [5, 5.41) is 0. The molecule has 1 nitrogen and oxygen atoms in total. The zero-order chi connectivity index (χ0) is 11.5. The number of hydrogen-bond donors (Lipinski definition) is 0. The molecule has 1 fully saturated rings. The van der Waals surface area contributed by atoms with Crippen molar-refractivity contribution in [3.63, 3.8) is 0 Å². The van der Waals surface area contributed by atoms with Crippen molar-refractivity contribution in [2.75, 3.05) is 0 Å². The van der Waals surface area contributed by atoms with Crippen molar-refractivity contribution in [3.05, 3.63) is 29.6 Å². The van der Waals surface area contributed by atoms with Crippen LogP contribution >= 0.6 is 0 Å². The lowest BCUT2D eigenvalue weighted by atomic mass is 9.89. The molecule has 0 radical (unpaired) electrons. The van der Waals surface area contributed by atoms with E-state index in [-0.39, 0.29) is 5.82 Å². The standard InChI is InChI=1S/C14H19FO/c1-10-4-3-5-12(8-10)16-13-6-7-14(15)11(2)9-13/h6-7,9-10,12H,3-5,8H2,1-2H3. The van der Waals surface area contributed by atoms with E-state index in [0.29, 0.717) is 11.7 Å². The first kappa shape index (κ1) is 11.4. The highest BCUT2D eigenvalue weighted by molar-refractivity contribution is 5.29. The smallest absolute Gasteiger partial charge is 0.126 e. The topological polar surface area (TPSA) is 9.23 Å². The Labute approximate surface area is 96.6 Å². The summed E-state index contributed by atoms with van der Waals surface area (Å²) >= 11 is 0. The monoisotopic (exact) mass is 222 g/mol. The maximum Gasteiger partial charge on any atom is 0.126 e.